The minimum atomic E-state index is 0.0372. The molecule has 112 valence electrons. The number of rotatable bonds is 5. The molecule has 0 saturated carbocycles. The van der Waals surface area contributed by atoms with E-state index in [9.17, 15) is 4.79 Å². The molecule has 1 aliphatic heterocycles. The van der Waals surface area contributed by atoms with E-state index in [2.05, 4.69) is 29.0 Å². The summed E-state index contributed by atoms with van der Waals surface area (Å²) in [7, 11) is 3.78. The number of hydrogen-bond acceptors (Lipinski definition) is 4. The summed E-state index contributed by atoms with van der Waals surface area (Å²) in [6.07, 6.45) is 13.1. The molecule has 0 bridgehead atoms. The van der Waals surface area contributed by atoms with Crippen molar-refractivity contribution in [3.63, 3.8) is 0 Å². The second-order valence-electron chi connectivity index (χ2n) is 5.32. The van der Waals surface area contributed by atoms with E-state index in [1.165, 1.54) is 0 Å². The normalized spacial score (nSPS) is 17.7. The van der Waals surface area contributed by atoms with E-state index in [1.54, 1.807) is 24.5 Å². The standard InChI is InChI=1S/C16H22N4O/c1-4-6-14-7-5-10-20(14)15(21)9-8-13-11-17-16(18-12-13)19(2)3/h5,7-9,11-12,14H,4,6,10H2,1-3H3/b9-8+. The topological polar surface area (TPSA) is 49.3 Å². The molecule has 1 amide bonds. The molecule has 0 radical (unpaired) electrons. The van der Waals surface area contributed by atoms with Crippen molar-refractivity contribution in [1.82, 2.24) is 14.9 Å². The summed E-state index contributed by atoms with van der Waals surface area (Å²) in [4.78, 5) is 24.4. The van der Waals surface area contributed by atoms with Gasteiger partial charge in [-0.3, -0.25) is 4.79 Å². The Morgan fingerprint density at radius 1 is 1.43 bits per heavy atom. The molecule has 1 aliphatic rings. The van der Waals surface area contributed by atoms with Gasteiger partial charge in [0.15, 0.2) is 0 Å². The van der Waals surface area contributed by atoms with Crippen LogP contribution in [0.1, 0.15) is 25.3 Å². The Balaban J connectivity index is 1.98. The van der Waals surface area contributed by atoms with Crippen LogP contribution in [-0.4, -0.2) is 47.5 Å². The summed E-state index contributed by atoms with van der Waals surface area (Å²) in [5.74, 6) is 0.695. The van der Waals surface area contributed by atoms with Gasteiger partial charge in [0.1, 0.15) is 0 Å². The Morgan fingerprint density at radius 3 is 2.76 bits per heavy atom. The zero-order valence-corrected chi connectivity index (χ0v) is 12.9. The first-order chi connectivity index (χ1) is 10.1. The fourth-order valence-electron chi connectivity index (χ4n) is 2.28. The molecule has 5 heteroatoms. The first-order valence-corrected chi connectivity index (χ1v) is 7.26. The van der Waals surface area contributed by atoms with Crippen molar-refractivity contribution in [2.45, 2.75) is 25.8 Å². The van der Waals surface area contributed by atoms with Gasteiger partial charge < -0.3 is 9.80 Å². The Labute approximate surface area is 126 Å². The number of aromatic nitrogens is 2. The summed E-state index contributed by atoms with van der Waals surface area (Å²) in [6, 6.07) is 0.236. The van der Waals surface area contributed by atoms with Gasteiger partial charge in [0, 0.05) is 44.7 Å². The number of amides is 1. The Kier molecular flexibility index (Phi) is 5.09. The molecule has 2 heterocycles. The van der Waals surface area contributed by atoms with Gasteiger partial charge in [-0.1, -0.05) is 25.5 Å². The smallest absolute Gasteiger partial charge is 0.247 e. The van der Waals surface area contributed by atoms with Crippen molar-refractivity contribution in [3.05, 3.63) is 36.2 Å². The zero-order valence-electron chi connectivity index (χ0n) is 12.9. The first-order valence-electron chi connectivity index (χ1n) is 7.26. The molecule has 0 fully saturated rings. The highest BCUT2D eigenvalue weighted by Gasteiger charge is 2.21. The second kappa shape index (κ2) is 7.02. The summed E-state index contributed by atoms with van der Waals surface area (Å²) < 4.78 is 0. The molecule has 0 spiro atoms. The van der Waals surface area contributed by atoms with Gasteiger partial charge in [0.2, 0.25) is 11.9 Å². The summed E-state index contributed by atoms with van der Waals surface area (Å²) in [5, 5.41) is 0. The molecular weight excluding hydrogens is 264 g/mol. The average molecular weight is 286 g/mol. The fourth-order valence-corrected chi connectivity index (χ4v) is 2.28. The molecule has 21 heavy (non-hydrogen) atoms. The van der Waals surface area contributed by atoms with Crippen LogP contribution in [-0.2, 0) is 4.79 Å². The molecule has 1 unspecified atom stereocenters. The lowest BCUT2D eigenvalue weighted by atomic mass is 10.1. The number of carbonyl (C=O) groups excluding carboxylic acids is 1. The van der Waals surface area contributed by atoms with Crippen LogP contribution in [0.4, 0.5) is 5.95 Å². The summed E-state index contributed by atoms with van der Waals surface area (Å²) in [5.41, 5.74) is 0.827. The lowest BCUT2D eigenvalue weighted by molar-refractivity contribution is -0.126. The van der Waals surface area contributed by atoms with Crippen LogP contribution in [0.15, 0.2) is 30.6 Å². The average Bonchev–Trinajstić information content (AvgIpc) is 2.94. The second-order valence-corrected chi connectivity index (χ2v) is 5.32. The Hall–Kier alpha value is -2.17. The molecule has 0 aliphatic carbocycles. The van der Waals surface area contributed by atoms with E-state index in [-0.39, 0.29) is 11.9 Å². The molecule has 1 aromatic heterocycles. The lowest BCUT2D eigenvalue weighted by Gasteiger charge is -2.22. The van der Waals surface area contributed by atoms with Gasteiger partial charge in [0.25, 0.3) is 0 Å². The number of hydrogen-bond donors (Lipinski definition) is 0. The first kappa shape index (κ1) is 15.2. The van der Waals surface area contributed by atoms with E-state index in [1.807, 2.05) is 23.9 Å². The van der Waals surface area contributed by atoms with Crippen molar-refractivity contribution in [3.8, 4) is 0 Å². The van der Waals surface area contributed by atoms with Crippen LogP contribution >= 0.6 is 0 Å². The van der Waals surface area contributed by atoms with Crippen molar-refractivity contribution in [1.29, 1.82) is 0 Å². The van der Waals surface area contributed by atoms with Crippen molar-refractivity contribution >= 4 is 17.9 Å². The summed E-state index contributed by atoms with van der Waals surface area (Å²) in [6.45, 7) is 2.83. The lowest BCUT2D eigenvalue weighted by Crippen LogP contribution is -2.34. The third-order valence-corrected chi connectivity index (χ3v) is 3.40. The maximum Gasteiger partial charge on any atom is 0.247 e. The molecular formula is C16H22N4O. The highest BCUT2D eigenvalue weighted by molar-refractivity contribution is 5.92. The van der Waals surface area contributed by atoms with Crippen molar-refractivity contribution < 1.29 is 4.79 Å². The molecule has 1 aromatic rings. The maximum atomic E-state index is 12.2. The van der Waals surface area contributed by atoms with E-state index in [0.717, 1.165) is 18.4 Å². The SMILES string of the molecule is CCCC1C=CCN1C(=O)/C=C/c1cnc(N(C)C)nc1. The quantitative estimate of drug-likeness (QED) is 0.614. The van der Waals surface area contributed by atoms with E-state index in [0.29, 0.717) is 12.5 Å². The Morgan fingerprint density at radius 2 is 2.14 bits per heavy atom. The van der Waals surface area contributed by atoms with Crippen LogP contribution in [0, 0.1) is 0 Å². The number of nitrogens with zero attached hydrogens (tertiary/aromatic N) is 4. The van der Waals surface area contributed by atoms with Crippen LogP contribution in [0.3, 0.4) is 0 Å². The summed E-state index contributed by atoms with van der Waals surface area (Å²) >= 11 is 0. The van der Waals surface area contributed by atoms with Crippen LogP contribution in [0.5, 0.6) is 0 Å². The molecule has 0 N–H and O–H groups in total. The Bertz CT molecular complexity index is 534. The predicted molar refractivity (Wildman–Crippen MR) is 84.9 cm³/mol. The van der Waals surface area contributed by atoms with Gasteiger partial charge in [0.05, 0.1) is 6.04 Å². The highest BCUT2D eigenvalue weighted by Crippen LogP contribution is 2.15. The zero-order chi connectivity index (χ0) is 15.2. The molecule has 0 aromatic carbocycles. The fraction of sp³-hybridized carbons (Fsp3) is 0.438. The van der Waals surface area contributed by atoms with Gasteiger partial charge in [-0.05, 0) is 12.5 Å². The number of carbonyl (C=O) groups is 1. The highest BCUT2D eigenvalue weighted by atomic mass is 16.2. The third-order valence-electron chi connectivity index (χ3n) is 3.40. The largest absolute Gasteiger partial charge is 0.347 e. The van der Waals surface area contributed by atoms with Crippen molar-refractivity contribution in [2.24, 2.45) is 0 Å². The van der Waals surface area contributed by atoms with Gasteiger partial charge >= 0.3 is 0 Å². The van der Waals surface area contributed by atoms with Gasteiger partial charge in [-0.2, -0.15) is 0 Å². The number of anilines is 1. The monoisotopic (exact) mass is 286 g/mol. The molecule has 0 saturated heterocycles. The van der Waals surface area contributed by atoms with Gasteiger partial charge in [-0.15, -0.1) is 0 Å². The molecule has 5 nitrogen and oxygen atoms in total. The molecule has 2 rings (SSSR count). The van der Waals surface area contributed by atoms with Crippen LogP contribution in [0.25, 0.3) is 6.08 Å². The minimum Gasteiger partial charge on any atom is -0.347 e. The molecule has 1 atom stereocenters. The van der Waals surface area contributed by atoms with E-state index in [4.69, 9.17) is 0 Å². The van der Waals surface area contributed by atoms with Crippen molar-refractivity contribution in [2.75, 3.05) is 25.5 Å². The third kappa shape index (κ3) is 3.90. The van der Waals surface area contributed by atoms with E-state index < -0.39 is 0 Å². The minimum absolute atomic E-state index is 0.0372. The maximum absolute atomic E-state index is 12.2. The van der Waals surface area contributed by atoms with E-state index >= 15 is 0 Å². The predicted octanol–water partition coefficient (Wildman–Crippen LogP) is 2.12. The van der Waals surface area contributed by atoms with Crippen LogP contribution in [0.2, 0.25) is 0 Å². The van der Waals surface area contributed by atoms with Crippen LogP contribution < -0.4 is 4.90 Å². The van der Waals surface area contributed by atoms with Gasteiger partial charge in [-0.25, -0.2) is 9.97 Å².